The lowest BCUT2D eigenvalue weighted by molar-refractivity contribution is 0.0690. The van der Waals surface area contributed by atoms with Gasteiger partial charge in [-0.1, -0.05) is 11.6 Å². The van der Waals surface area contributed by atoms with Crippen LogP contribution in [0.3, 0.4) is 0 Å². The molecule has 17 heavy (non-hydrogen) atoms. The van der Waals surface area contributed by atoms with Crippen molar-refractivity contribution in [3.8, 4) is 11.9 Å². The van der Waals surface area contributed by atoms with Crippen molar-refractivity contribution in [3.05, 3.63) is 40.8 Å². The SMILES string of the molecule is N#Cc1ccnc(-n2ccc(C(=O)O)n2)c1Cl. The van der Waals surface area contributed by atoms with E-state index < -0.39 is 5.97 Å². The van der Waals surface area contributed by atoms with Crippen LogP contribution in [0.5, 0.6) is 0 Å². The van der Waals surface area contributed by atoms with E-state index in [0.717, 1.165) is 0 Å². The third kappa shape index (κ3) is 1.96. The molecule has 2 rings (SSSR count). The average Bonchev–Trinajstić information content (AvgIpc) is 2.78. The molecule has 0 radical (unpaired) electrons. The summed E-state index contributed by atoms with van der Waals surface area (Å²) >= 11 is 5.94. The smallest absolute Gasteiger partial charge is 0.356 e. The van der Waals surface area contributed by atoms with Crippen molar-refractivity contribution >= 4 is 17.6 Å². The molecule has 0 unspecified atom stereocenters. The maximum absolute atomic E-state index is 10.7. The van der Waals surface area contributed by atoms with Crippen LogP contribution in [0.25, 0.3) is 5.82 Å². The maximum Gasteiger partial charge on any atom is 0.356 e. The first kappa shape index (κ1) is 11.1. The quantitative estimate of drug-likeness (QED) is 0.869. The minimum absolute atomic E-state index is 0.120. The van der Waals surface area contributed by atoms with Crippen molar-refractivity contribution in [2.45, 2.75) is 0 Å². The summed E-state index contributed by atoms with van der Waals surface area (Å²) in [5, 5.41) is 21.4. The molecular weight excluding hydrogens is 244 g/mol. The van der Waals surface area contributed by atoms with E-state index in [1.165, 1.54) is 29.2 Å². The molecule has 2 heterocycles. The standard InChI is InChI=1S/C10H5ClN4O2/c11-8-6(5-12)1-3-13-9(8)15-4-2-7(14-15)10(16)17/h1-4H,(H,16,17). The van der Waals surface area contributed by atoms with Gasteiger partial charge < -0.3 is 5.11 Å². The molecule has 0 bridgehead atoms. The van der Waals surface area contributed by atoms with E-state index in [1.807, 2.05) is 6.07 Å². The lowest BCUT2D eigenvalue weighted by atomic mass is 10.3. The lowest BCUT2D eigenvalue weighted by Gasteiger charge is -2.03. The maximum atomic E-state index is 10.7. The van der Waals surface area contributed by atoms with Crippen LogP contribution < -0.4 is 0 Å². The van der Waals surface area contributed by atoms with Gasteiger partial charge >= 0.3 is 5.97 Å². The second-order valence-electron chi connectivity index (χ2n) is 3.06. The number of rotatable bonds is 2. The van der Waals surface area contributed by atoms with Crippen LogP contribution in [-0.4, -0.2) is 25.8 Å². The number of aromatic nitrogens is 3. The number of hydrogen-bond donors (Lipinski definition) is 1. The first-order valence-electron chi connectivity index (χ1n) is 4.47. The van der Waals surface area contributed by atoms with Gasteiger partial charge in [-0.25, -0.2) is 14.5 Å². The molecule has 0 spiro atoms. The number of nitrogens with zero attached hydrogens (tertiary/aromatic N) is 4. The van der Waals surface area contributed by atoms with Gasteiger partial charge in [0.2, 0.25) is 0 Å². The highest BCUT2D eigenvalue weighted by Crippen LogP contribution is 2.21. The number of hydrogen-bond acceptors (Lipinski definition) is 4. The molecule has 0 aliphatic heterocycles. The number of aromatic carboxylic acids is 1. The number of halogens is 1. The highest BCUT2D eigenvalue weighted by molar-refractivity contribution is 6.33. The van der Waals surface area contributed by atoms with Crippen LogP contribution in [0.2, 0.25) is 5.02 Å². The predicted octanol–water partition coefficient (Wildman–Crippen LogP) is 1.49. The minimum Gasteiger partial charge on any atom is -0.476 e. The van der Waals surface area contributed by atoms with Crippen LogP contribution >= 0.6 is 11.6 Å². The van der Waals surface area contributed by atoms with Gasteiger partial charge in [0.1, 0.15) is 11.1 Å². The molecule has 6 nitrogen and oxygen atoms in total. The number of nitriles is 1. The van der Waals surface area contributed by atoms with Gasteiger partial charge in [0, 0.05) is 12.4 Å². The first-order chi connectivity index (χ1) is 8.13. The summed E-state index contributed by atoms with van der Waals surface area (Å²) in [5.74, 6) is -0.922. The van der Waals surface area contributed by atoms with Crippen molar-refractivity contribution in [1.29, 1.82) is 5.26 Å². The highest BCUT2D eigenvalue weighted by atomic mass is 35.5. The Balaban J connectivity index is 2.53. The van der Waals surface area contributed by atoms with E-state index in [9.17, 15) is 4.79 Å². The topological polar surface area (TPSA) is 91.8 Å². The van der Waals surface area contributed by atoms with E-state index in [-0.39, 0.29) is 22.1 Å². The zero-order chi connectivity index (χ0) is 12.4. The molecule has 1 N–H and O–H groups in total. The van der Waals surface area contributed by atoms with Gasteiger partial charge in [0.25, 0.3) is 0 Å². The van der Waals surface area contributed by atoms with Gasteiger partial charge in [-0.05, 0) is 12.1 Å². The van der Waals surface area contributed by atoms with Crippen LogP contribution in [0, 0.1) is 11.3 Å². The molecular formula is C10H5ClN4O2. The van der Waals surface area contributed by atoms with Crippen LogP contribution in [-0.2, 0) is 0 Å². The Kier molecular flexibility index (Phi) is 2.77. The van der Waals surface area contributed by atoms with Crippen LogP contribution in [0.1, 0.15) is 16.1 Å². The Morgan fingerprint density at radius 1 is 1.53 bits per heavy atom. The molecule has 2 aromatic rings. The molecule has 0 saturated carbocycles. The number of carboxylic acids is 1. The molecule has 84 valence electrons. The Bertz CT molecular complexity index is 629. The summed E-state index contributed by atoms with van der Waals surface area (Å²) in [6.45, 7) is 0. The zero-order valence-electron chi connectivity index (χ0n) is 8.33. The minimum atomic E-state index is -1.14. The fourth-order valence-corrected chi connectivity index (χ4v) is 1.48. The van der Waals surface area contributed by atoms with Crippen molar-refractivity contribution < 1.29 is 9.90 Å². The van der Waals surface area contributed by atoms with Crippen molar-refractivity contribution in [3.63, 3.8) is 0 Å². The summed E-state index contributed by atoms with van der Waals surface area (Å²) in [4.78, 5) is 14.6. The average molecular weight is 249 g/mol. The Morgan fingerprint density at radius 3 is 2.88 bits per heavy atom. The van der Waals surface area contributed by atoms with Gasteiger partial charge in [-0.2, -0.15) is 10.4 Å². The van der Waals surface area contributed by atoms with Crippen LogP contribution in [0.15, 0.2) is 24.5 Å². The highest BCUT2D eigenvalue weighted by Gasteiger charge is 2.12. The van der Waals surface area contributed by atoms with Gasteiger partial charge in [0.15, 0.2) is 11.5 Å². The third-order valence-corrected chi connectivity index (χ3v) is 2.39. The summed E-state index contributed by atoms with van der Waals surface area (Å²) in [7, 11) is 0. The van der Waals surface area contributed by atoms with Crippen molar-refractivity contribution in [2.24, 2.45) is 0 Å². The Morgan fingerprint density at radius 2 is 2.29 bits per heavy atom. The normalized spacial score (nSPS) is 9.88. The largest absolute Gasteiger partial charge is 0.476 e. The Labute approximate surface area is 101 Å². The molecule has 0 atom stereocenters. The van der Waals surface area contributed by atoms with Crippen molar-refractivity contribution in [2.75, 3.05) is 0 Å². The van der Waals surface area contributed by atoms with Gasteiger partial charge in [0.05, 0.1) is 5.56 Å². The van der Waals surface area contributed by atoms with E-state index in [2.05, 4.69) is 10.1 Å². The first-order valence-corrected chi connectivity index (χ1v) is 4.85. The van der Waals surface area contributed by atoms with Crippen molar-refractivity contribution in [1.82, 2.24) is 14.8 Å². The second-order valence-corrected chi connectivity index (χ2v) is 3.44. The van der Waals surface area contributed by atoms with Gasteiger partial charge in [-0.15, -0.1) is 0 Å². The monoisotopic (exact) mass is 248 g/mol. The predicted molar refractivity (Wildman–Crippen MR) is 58.0 cm³/mol. The van der Waals surface area contributed by atoms with E-state index in [0.29, 0.717) is 0 Å². The zero-order valence-corrected chi connectivity index (χ0v) is 9.09. The fraction of sp³-hybridized carbons (Fsp3) is 0. The van der Waals surface area contributed by atoms with Gasteiger partial charge in [-0.3, -0.25) is 0 Å². The fourth-order valence-electron chi connectivity index (χ4n) is 1.23. The number of carbonyl (C=O) groups is 1. The molecule has 0 fully saturated rings. The molecule has 0 aliphatic rings. The molecule has 0 aliphatic carbocycles. The van der Waals surface area contributed by atoms with E-state index in [1.54, 1.807) is 0 Å². The molecule has 0 aromatic carbocycles. The van der Waals surface area contributed by atoms with Crippen LogP contribution in [0.4, 0.5) is 0 Å². The molecule has 0 amide bonds. The molecule has 2 aromatic heterocycles. The summed E-state index contributed by atoms with van der Waals surface area (Å²) in [6, 6.07) is 4.69. The second kappa shape index (κ2) is 4.23. The number of pyridine rings is 1. The van der Waals surface area contributed by atoms with E-state index in [4.69, 9.17) is 22.0 Å². The third-order valence-electron chi connectivity index (χ3n) is 2.02. The molecule has 0 saturated heterocycles. The number of carboxylic acid groups (broad SMARTS) is 1. The Hall–Kier alpha value is -2.39. The van der Waals surface area contributed by atoms with E-state index >= 15 is 0 Å². The summed E-state index contributed by atoms with van der Waals surface area (Å²) in [5.41, 5.74) is 0.134. The summed E-state index contributed by atoms with van der Waals surface area (Å²) < 4.78 is 1.21. The lowest BCUT2D eigenvalue weighted by Crippen LogP contribution is -2.03. The summed E-state index contributed by atoms with van der Waals surface area (Å²) in [6.07, 6.45) is 2.82. The molecule has 7 heteroatoms.